The number of nitrogens with zero attached hydrogens (tertiary/aromatic N) is 4. The van der Waals surface area contributed by atoms with Crippen LogP contribution in [0.25, 0.3) is 22.4 Å². The Kier molecular flexibility index (Phi) is 5.57. The fourth-order valence-corrected chi connectivity index (χ4v) is 4.10. The molecule has 0 aliphatic heterocycles. The maximum Gasteiger partial charge on any atom is 0.223 e. The fourth-order valence-electron chi connectivity index (χ4n) is 4.10. The number of carbonyl (C=O) groups excluding carboxylic acids is 1. The second kappa shape index (κ2) is 8.46. The summed E-state index contributed by atoms with van der Waals surface area (Å²) >= 11 is 0. The molecule has 1 N–H and O–H groups in total. The van der Waals surface area contributed by atoms with Crippen LogP contribution in [0.2, 0.25) is 0 Å². The summed E-state index contributed by atoms with van der Waals surface area (Å²) in [4.78, 5) is 12.2. The first kappa shape index (κ1) is 19.8. The van der Waals surface area contributed by atoms with Crippen LogP contribution < -0.4 is 5.32 Å². The van der Waals surface area contributed by atoms with Crippen LogP contribution in [0, 0.1) is 23.1 Å². The molecule has 2 aromatic carbocycles. The highest BCUT2D eigenvalue weighted by molar-refractivity contribution is 5.79. The van der Waals surface area contributed by atoms with E-state index in [4.69, 9.17) is 5.26 Å². The van der Waals surface area contributed by atoms with Crippen molar-refractivity contribution in [2.75, 3.05) is 6.54 Å². The summed E-state index contributed by atoms with van der Waals surface area (Å²) in [5.74, 6) is -0.306. The number of nitriles is 1. The fraction of sp³-hybridized carbons (Fsp3) is 0.304. The molecule has 30 heavy (non-hydrogen) atoms. The molecule has 0 radical (unpaired) electrons. The van der Waals surface area contributed by atoms with Crippen molar-refractivity contribution in [2.45, 2.75) is 32.2 Å². The van der Waals surface area contributed by atoms with E-state index < -0.39 is 5.82 Å². The molecule has 4 rings (SSSR count). The monoisotopic (exact) mass is 403 g/mol. The molecule has 1 unspecified atom stereocenters. The standard InChI is InChI=1S/C23H22FN5O/c1-2-26-23(30)18-8-9-19(12-18)29-22(14-27-28-29)17-6-4-16(5-7-17)20-10-3-15(13-25)11-21(20)24/h3-7,10-11,14,18-19H,2,8-9,12H2,1H3,(H,26,30)/t18-,19?/m0/s1. The molecule has 6 nitrogen and oxygen atoms in total. The number of nitrogens with one attached hydrogen (secondary N) is 1. The number of rotatable bonds is 5. The van der Waals surface area contributed by atoms with E-state index in [1.165, 1.54) is 6.07 Å². The highest BCUT2D eigenvalue weighted by atomic mass is 19.1. The van der Waals surface area contributed by atoms with E-state index >= 15 is 0 Å². The maximum atomic E-state index is 14.3. The molecule has 1 aliphatic rings. The van der Waals surface area contributed by atoms with Gasteiger partial charge in [-0.2, -0.15) is 5.26 Å². The molecule has 1 aromatic heterocycles. The van der Waals surface area contributed by atoms with Crippen LogP contribution in [0.15, 0.2) is 48.7 Å². The minimum absolute atomic E-state index is 0.00809. The highest BCUT2D eigenvalue weighted by Crippen LogP contribution is 2.37. The molecule has 0 spiro atoms. The van der Waals surface area contributed by atoms with Crippen LogP contribution in [-0.4, -0.2) is 27.4 Å². The number of hydrogen-bond donors (Lipinski definition) is 1. The molecule has 1 aliphatic carbocycles. The predicted molar refractivity (Wildman–Crippen MR) is 111 cm³/mol. The molecule has 1 fully saturated rings. The van der Waals surface area contributed by atoms with Gasteiger partial charge in [-0.1, -0.05) is 35.5 Å². The summed E-state index contributed by atoms with van der Waals surface area (Å²) in [6, 6.07) is 14.1. The molecule has 1 saturated carbocycles. The van der Waals surface area contributed by atoms with Gasteiger partial charge in [-0.05, 0) is 43.9 Å². The summed E-state index contributed by atoms with van der Waals surface area (Å²) in [7, 11) is 0. The normalized spacial score (nSPS) is 18.2. The number of amides is 1. The SMILES string of the molecule is CCNC(=O)[C@H]1CCC(n2nncc2-c2ccc(-c3ccc(C#N)cc3F)cc2)C1. The van der Waals surface area contributed by atoms with Gasteiger partial charge >= 0.3 is 0 Å². The quantitative estimate of drug-likeness (QED) is 0.695. The number of benzene rings is 2. The second-order valence-corrected chi connectivity index (χ2v) is 7.51. The zero-order chi connectivity index (χ0) is 21.1. The van der Waals surface area contributed by atoms with Gasteiger partial charge in [-0.25, -0.2) is 9.07 Å². The van der Waals surface area contributed by atoms with Crippen LogP contribution in [0.5, 0.6) is 0 Å². The third-order valence-electron chi connectivity index (χ3n) is 5.64. The van der Waals surface area contributed by atoms with Crippen molar-refractivity contribution in [1.82, 2.24) is 20.3 Å². The Morgan fingerprint density at radius 2 is 2.00 bits per heavy atom. The average Bonchev–Trinajstić information content (AvgIpc) is 3.43. The van der Waals surface area contributed by atoms with E-state index in [1.54, 1.807) is 18.3 Å². The zero-order valence-corrected chi connectivity index (χ0v) is 16.7. The molecule has 152 valence electrons. The number of halogens is 1. The summed E-state index contributed by atoms with van der Waals surface area (Å²) in [6.45, 7) is 2.56. The molecule has 1 amide bonds. The summed E-state index contributed by atoms with van der Waals surface area (Å²) in [6.07, 6.45) is 4.19. The molecule has 1 heterocycles. The molecule has 3 aromatic rings. The minimum Gasteiger partial charge on any atom is -0.356 e. The van der Waals surface area contributed by atoms with Crippen molar-refractivity contribution in [3.8, 4) is 28.5 Å². The Balaban J connectivity index is 1.55. The van der Waals surface area contributed by atoms with Gasteiger partial charge in [0.05, 0.1) is 29.6 Å². The highest BCUT2D eigenvalue weighted by Gasteiger charge is 2.32. The van der Waals surface area contributed by atoms with E-state index in [0.717, 1.165) is 36.1 Å². The van der Waals surface area contributed by atoms with Gasteiger partial charge in [0.1, 0.15) is 5.82 Å². The maximum absolute atomic E-state index is 14.3. The van der Waals surface area contributed by atoms with Gasteiger partial charge in [0, 0.05) is 23.6 Å². The van der Waals surface area contributed by atoms with E-state index in [0.29, 0.717) is 17.7 Å². The van der Waals surface area contributed by atoms with Crippen molar-refractivity contribution < 1.29 is 9.18 Å². The first-order valence-corrected chi connectivity index (χ1v) is 10.1. The lowest BCUT2D eigenvalue weighted by atomic mass is 10.0. The lowest BCUT2D eigenvalue weighted by Crippen LogP contribution is -2.29. The van der Waals surface area contributed by atoms with Gasteiger partial charge in [-0.3, -0.25) is 4.79 Å². The van der Waals surface area contributed by atoms with Crippen LogP contribution in [0.4, 0.5) is 4.39 Å². The van der Waals surface area contributed by atoms with E-state index in [1.807, 2.05) is 41.9 Å². The van der Waals surface area contributed by atoms with Gasteiger partial charge in [-0.15, -0.1) is 5.10 Å². The molecule has 7 heteroatoms. The Morgan fingerprint density at radius 3 is 2.70 bits per heavy atom. The van der Waals surface area contributed by atoms with Gasteiger partial charge in [0.25, 0.3) is 0 Å². The van der Waals surface area contributed by atoms with Gasteiger partial charge in [0.2, 0.25) is 5.91 Å². The topological polar surface area (TPSA) is 83.6 Å². The van der Waals surface area contributed by atoms with Crippen molar-refractivity contribution in [3.63, 3.8) is 0 Å². The third-order valence-corrected chi connectivity index (χ3v) is 5.64. The Labute approximate surface area is 174 Å². The van der Waals surface area contributed by atoms with Gasteiger partial charge < -0.3 is 5.32 Å². The first-order chi connectivity index (χ1) is 14.6. The van der Waals surface area contributed by atoms with Crippen LogP contribution in [-0.2, 0) is 4.79 Å². The average molecular weight is 403 g/mol. The molecule has 2 atom stereocenters. The van der Waals surface area contributed by atoms with Crippen molar-refractivity contribution in [3.05, 3.63) is 60.0 Å². The third kappa shape index (κ3) is 3.81. The van der Waals surface area contributed by atoms with Crippen LogP contribution >= 0.6 is 0 Å². The smallest absolute Gasteiger partial charge is 0.223 e. The van der Waals surface area contributed by atoms with E-state index in [-0.39, 0.29) is 17.9 Å². The van der Waals surface area contributed by atoms with Crippen molar-refractivity contribution in [1.29, 1.82) is 5.26 Å². The molecule has 0 bridgehead atoms. The van der Waals surface area contributed by atoms with Crippen molar-refractivity contribution >= 4 is 5.91 Å². The van der Waals surface area contributed by atoms with Gasteiger partial charge in [0.15, 0.2) is 0 Å². The lowest BCUT2D eigenvalue weighted by molar-refractivity contribution is -0.124. The van der Waals surface area contributed by atoms with E-state index in [2.05, 4.69) is 15.6 Å². The van der Waals surface area contributed by atoms with Crippen molar-refractivity contribution in [2.24, 2.45) is 5.92 Å². The first-order valence-electron chi connectivity index (χ1n) is 10.1. The number of aromatic nitrogens is 3. The predicted octanol–water partition coefficient (Wildman–Crippen LogP) is 4.10. The molecular formula is C23H22FN5O. The van der Waals surface area contributed by atoms with Crippen LogP contribution in [0.1, 0.15) is 37.8 Å². The Bertz CT molecular complexity index is 1100. The Hall–Kier alpha value is -3.53. The number of carbonyl (C=O) groups is 1. The summed E-state index contributed by atoms with van der Waals surface area (Å²) < 4.78 is 16.2. The summed E-state index contributed by atoms with van der Waals surface area (Å²) in [5, 5.41) is 20.2. The van der Waals surface area contributed by atoms with E-state index in [9.17, 15) is 9.18 Å². The number of hydrogen-bond acceptors (Lipinski definition) is 4. The summed E-state index contributed by atoms with van der Waals surface area (Å²) in [5.41, 5.74) is 3.29. The molecular weight excluding hydrogens is 381 g/mol. The minimum atomic E-state index is -0.420. The van der Waals surface area contributed by atoms with Crippen LogP contribution in [0.3, 0.4) is 0 Å². The second-order valence-electron chi connectivity index (χ2n) is 7.51. The molecule has 0 saturated heterocycles. The Morgan fingerprint density at radius 1 is 1.23 bits per heavy atom. The largest absolute Gasteiger partial charge is 0.356 e. The lowest BCUT2D eigenvalue weighted by Gasteiger charge is -2.14. The zero-order valence-electron chi connectivity index (χ0n) is 16.7.